The molecule has 0 aliphatic heterocycles. The number of methoxy groups -OCH3 is 3. The van der Waals surface area contributed by atoms with Crippen molar-refractivity contribution in [1.29, 1.82) is 0 Å². The van der Waals surface area contributed by atoms with Gasteiger partial charge in [0.15, 0.2) is 0 Å². The third-order valence-electron chi connectivity index (χ3n) is 1.93. The number of hydrogen-bond acceptors (Lipinski definition) is 3. The molecule has 74 valence electrons. The summed E-state index contributed by atoms with van der Waals surface area (Å²) in [5.74, 6) is 0.440. The fourth-order valence-corrected chi connectivity index (χ4v) is 1.31. The van der Waals surface area contributed by atoms with Gasteiger partial charge in [-0.2, -0.15) is 0 Å². The third-order valence-corrected chi connectivity index (χ3v) is 1.93. The van der Waals surface area contributed by atoms with Gasteiger partial charge in [0.25, 0.3) is 0 Å². The number of ether oxygens (including phenoxy) is 3. The highest BCUT2D eigenvalue weighted by atomic mass is 16.6. The molecule has 12 heavy (non-hydrogen) atoms. The molecule has 0 saturated heterocycles. The molecule has 3 nitrogen and oxygen atoms in total. The number of hydrogen-bond donors (Lipinski definition) is 0. The van der Waals surface area contributed by atoms with Gasteiger partial charge in [-0.1, -0.05) is 13.8 Å². The molecule has 0 bridgehead atoms. The largest absolute Gasteiger partial charge is 0.382 e. The predicted molar refractivity (Wildman–Crippen MR) is 48.3 cm³/mol. The second kappa shape index (κ2) is 6.40. The van der Waals surface area contributed by atoms with Crippen molar-refractivity contribution >= 4 is 0 Å². The maximum Gasteiger partial charge on any atom is 0.107 e. The predicted octanol–water partition coefficient (Wildman–Crippen LogP) is 1.32. The summed E-state index contributed by atoms with van der Waals surface area (Å²) >= 11 is 0. The summed E-state index contributed by atoms with van der Waals surface area (Å²) in [5, 5.41) is 0. The standard InChI is InChI=1S/C9H20O3/c1-7(2)9(12-5)8(11-4)6-10-3/h7-9H,6H2,1-5H3/t8-,9-/m1/s1. The smallest absolute Gasteiger partial charge is 0.107 e. The van der Waals surface area contributed by atoms with Gasteiger partial charge in [0, 0.05) is 21.3 Å². The molecule has 0 fully saturated rings. The molecule has 0 saturated carbocycles. The molecule has 0 aromatic heterocycles. The minimum absolute atomic E-state index is 0.0278. The first-order chi connectivity index (χ1) is 5.67. The van der Waals surface area contributed by atoms with Gasteiger partial charge >= 0.3 is 0 Å². The van der Waals surface area contributed by atoms with Crippen LogP contribution in [0.3, 0.4) is 0 Å². The van der Waals surface area contributed by atoms with Crippen LogP contribution in [0.1, 0.15) is 13.8 Å². The second-order valence-corrected chi connectivity index (χ2v) is 3.17. The van der Waals surface area contributed by atoms with Crippen LogP contribution in [0.25, 0.3) is 0 Å². The minimum atomic E-state index is 0.0278. The van der Waals surface area contributed by atoms with Crippen molar-refractivity contribution in [2.75, 3.05) is 27.9 Å². The van der Waals surface area contributed by atoms with Gasteiger partial charge in [0.2, 0.25) is 0 Å². The normalized spacial score (nSPS) is 16.5. The van der Waals surface area contributed by atoms with Crippen molar-refractivity contribution in [3.63, 3.8) is 0 Å². The van der Waals surface area contributed by atoms with E-state index in [4.69, 9.17) is 14.2 Å². The lowest BCUT2D eigenvalue weighted by Gasteiger charge is -2.27. The van der Waals surface area contributed by atoms with E-state index in [0.29, 0.717) is 12.5 Å². The Morgan fingerprint density at radius 3 is 1.83 bits per heavy atom. The van der Waals surface area contributed by atoms with E-state index in [0.717, 1.165) is 0 Å². The Balaban J connectivity index is 4.02. The molecule has 0 aromatic carbocycles. The van der Waals surface area contributed by atoms with Crippen molar-refractivity contribution in [2.24, 2.45) is 5.92 Å². The zero-order chi connectivity index (χ0) is 9.56. The van der Waals surface area contributed by atoms with E-state index in [-0.39, 0.29) is 12.2 Å². The van der Waals surface area contributed by atoms with Crippen LogP contribution in [-0.2, 0) is 14.2 Å². The Hall–Kier alpha value is -0.120. The van der Waals surface area contributed by atoms with Gasteiger partial charge in [0.05, 0.1) is 12.7 Å². The molecule has 2 atom stereocenters. The average Bonchev–Trinajstić information content (AvgIpc) is 2.03. The molecule has 0 aliphatic rings. The van der Waals surface area contributed by atoms with Crippen molar-refractivity contribution < 1.29 is 14.2 Å². The Morgan fingerprint density at radius 1 is 1.00 bits per heavy atom. The van der Waals surface area contributed by atoms with Crippen LogP contribution in [0, 0.1) is 5.92 Å². The molecule has 0 rings (SSSR count). The molecule has 0 radical (unpaired) electrons. The fourth-order valence-electron chi connectivity index (χ4n) is 1.31. The lowest BCUT2D eigenvalue weighted by Crippen LogP contribution is -2.37. The van der Waals surface area contributed by atoms with Crippen LogP contribution in [-0.4, -0.2) is 40.1 Å². The molecule has 0 amide bonds. The van der Waals surface area contributed by atoms with Crippen molar-refractivity contribution in [1.82, 2.24) is 0 Å². The van der Waals surface area contributed by atoms with Gasteiger partial charge < -0.3 is 14.2 Å². The third kappa shape index (κ3) is 3.52. The summed E-state index contributed by atoms with van der Waals surface area (Å²) in [5.41, 5.74) is 0. The molecule has 0 spiro atoms. The molecule has 0 N–H and O–H groups in total. The highest BCUT2D eigenvalue weighted by Gasteiger charge is 2.23. The van der Waals surface area contributed by atoms with Gasteiger partial charge in [-0.25, -0.2) is 0 Å². The molecule has 0 aliphatic carbocycles. The van der Waals surface area contributed by atoms with Crippen LogP contribution in [0.4, 0.5) is 0 Å². The van der Waals surface area contributed by atoms with Crippen LogP contribution < -0.4 is 0 Å². The Kier molecular flexibility index (Phi) is 6.34. The van der Waals surface area contributed by atoms with Crippen molar-refractivity contribution in [3.05, 3.63) is 0 Å². The Bertz CT molecular complexity index is 104. The first-order valence-electron chi connectivity index (χ1n) is 4.21. The highest BCUT2D eigenvalue weighted by molar-refractivity contribution is 4.72. The fraction of sp³-hybridized carbons (Fsp3) is 1.00. The van der Waals surface area contributed by atoms with E-state index >= 15 is 0 Å². The summed E-state index contributed by atoms with van der Waals surface area (Å²) in [4.78, 5) is 0. The van der Waals surface area contributed by atoms with E-state index < -0.39 is 0 Å². The van der Waals surface area contributed by atoms with Crippen molar-refractivity contribution in [2.45, 2.75) is 26.1 Å². The molecule has 0 heterocycles. The lowest BCUT2D eigenvalue weighted by atomic mass is 10.0. The van der Waals surface area contributed by atoms with Crippen LogP contribution in [0.5, 0.6) is 0 Å². The summed E-state index contributed by atoms with van der Waals surface area (Å²) in [6, 6.07) is 0. The maximum absolute atomic E-state index is 5.31. The zero-order valence-corrected chi connectivity index (χ0v) is 8.66. The number of rotatable bonds is 6. The van der Waals surface area contributed by atoms with Crippen LogP contribution in [0.2, 0.25) is 0 Å². The minimum Gasteiger partial charge on any atom is -0.382 e. The lowest BCUT2D eigenvalue weighted by molar-refractivity contribution is -0.0851. The topological polar surface area (TPSA) is 27.7 Å². The molecular weight excluding hydrogens is 156 g/mol. The molecule has 0 unspecified atom stereocenters. The maximum atomic E-state index is 5.31. The zero-order valence-electron chi connectivity index (χ0n) is 8.66. The SMILES string of the molecule is COC[C@@H](OC)[C@H](OC)C(C)C. The Labute approximate surface area is 75.0 Å². The van der Waals surface area contributed by atoms with E-state index in [9.17, 15) is 0 Å². The van der Waals surface area contributed by atoms with Gasteiger partial charge in [-0.3, -0.25) is 0 Å². The monoisotopic (exact) mass is 176 g/mol. The first-order valence-corrected chi connectivity index (χ1v) is 4.21. The van der Waals surface area contributed by atoms with Crippen LogP contribution in [0.15, 0.2) is 0 Å². The quantitative estimate of drug-likeness (QED) is 0.611. The average molecular weight is 176 g/mol. The summed E-state index contributed by atoms with van der Waals surface area (Å²) in [6.07, 6.45) is 0.134. The second-order valence-electron chi connectivity index (χ2n) is 3.17. The molecule has 0 aromatic rings. The molecular formula is C9H20O3. The van der Waals surface area contributed by atoms with E-state index in [1.165, 1.54) is 0 Å². The summed E-state index contributed by atoms with van der Waals surface area (Å²) in [7, 11) is 5.05. The van der Waals surface area contributed by atoms with Gasteiger partial charge in [-0.05, 0) is 5.92 Å². The van der Waals surface area contributed by atoms with E-state index in [1.807, 2.05) is 0 Å². The van der Waals surface area contributed by atoms with Crippen LogP contribution >= 0.6 is 0 Å². The van der Waals surface area contributed by atoms with Gasteiger partial charge in [0.1, 0.15) is 6.10 Å². The van der Waals surface area contributed by atoms with E-state index in [2.05, 4.69) is 13.8 Å². The first kappa shape index (κ1) is 11.9. The Morgan fingerprint density at radius 2 is 1.58 bits per heavy atom. The highest BCUT2D eigenvalue weighted by Crippen LogP contribution is 2.12. The van der Waals surface area contributed by atoms with E-state index in [1.54, 1.807) is 21.3 Å². The van der Waals surface area contributed by atoms with Crippen molar-refractivity contribution in [3.8, 4) is 0 Å². The van der Waals surface area contributed by atoms with Gasteiger partial charge in [-0.15, -0.1) is 0 Å². The summed E-state index contributed by atoms with van der Waals surface area (Å²) < 4.78 is 15.6. The summed E-state index contributed by atoms with van der Waals surface area (Å²) in [6.45, 7) is 4.79. The molecule has 3 heteroatoms.